The number of likely N-dealkylation sites (tertiary alicyclic amines) is 1. The minimum atomic E-state index is 0.467. The van der Waals surface area contributed by atoms with E-state index >= 15 is 0 Å². The van der Waals surface area contributed by atoms with Crippen LogP contribution < -0.4 is 0 Å². The summed E-state index contributed by atoms with van der Waals surface area (Å²) in [7, 11) is 0. The Morgan fingerprint density at radius 2 is 2.56 bits per heavy atom. The summed E-state index contributed by atoms with van der Waals surface area (Å²) in [6.07, 6.45) is 5.38. The van der Waals surface area contributed by atoms with E-state index in [4.69, 9.17) is 4.74 Å². The summed E-state index contributed by atoms with van der Waals surface area (Å²) in [4.78, 5) is 6.83. The molecule has 0 radical (unpaired) electrons. The molecule has 2 fully saturated rings. The van der Waals surface area contributed by atoms with Crippen LogP contribution in [0.4, 0.5) is 0 Å². The second kappa shape index (κ2) is 4.43. The zero-order chi connectivity index (χ0) is 11.0. The minimum absolute atomic E-state index is 0.467. The number of aromatic nitrogens is 1. The van der Waals surface area contributed by atoms with Gasteiger partial charge in [0.05, 0.1) is 18.8 Å². The normalized spacial score (nSPS) is 35.2. The van der Waals surface area contributed by atoms with Gasteiger partial charge in [0.2, 0.25) is 0 Å². The van der Waals surface area contributed by atoms with Gasteiger partial charge in [0.15, 0.2) is 0 Å². The molecule has 0 spiro atoms. The van der Waals surface area contributed by atoms with E-state index in [1.54, 1.807) is 11.3 Å². The van der Waals surface area contributed by atoms with Crippen LogP contribution in [0.5, 0.6) is 0 Å². The molecule has 1 aromatic rings. The fraction of sp³-hybridized carbons (Fsp3) is 0.750. The summed E-state index contributed by atoms with van der Waals surface area (Å²) in [5.74, 6) is 0.808. The maximum atomic E-state index is 5.96. The number of ether oxygens (including phenoxy) is 1. The molecule has 0 amide bonds. The van der Waals surface area contributed by atoms with Crippen molar-refractivity contribution in [3.05, 3.63) is 16.6 Å². The lowest BCUT2D eigenvalue weighted by Gasteiger charge is -2.33. The molecule has 4 heteroatoms. The Balaban J connectivity index is 1.59. The molecule has 3 rings (SSSR count). The van der Waals surface area contributed by atoms with Gasteiger partial charge in [-0.25, -0.2) is 4.98 Å². The van der Waals surface area contributed by atoms with Crippen LogP contribution in [0.3, 0.4) is 0 Å². The van der Waals surface area contributed by atoms with Gasteiger partial charge in [0, 0.05) is 18.1 Å². The lowest BCUT2D eigenvalue weighted by Crippen LogP contribution is -2.41. The van der Waals surface area contributed by atoms with Gasteiger partial charge in [-0.3, -0.25) is 4.90 Å². The average molecular weight is 238 g/mol. The number of fused-ring (bicyclic) bond motifs is 1. The standard InChI is InChI=1S/C12H18N2OS/c1-9-6-10-2-4-14(7-11(10)15-9)8-12-13-3-5-16-12/h3,5,9-11H,2,4,6-8H2,1H3/t9-,10-,11+/m1/s1. The van der Waals surface area contributed by atoms with Gasteiger partial charge < -0.3 is 4.74 Å². The quantitative estimate of drug-likeness (QED) is 0.789. The van der Waals surface area contributed by atoms with Gasteiger partial charge in [-0.05, 0) is 32.2 Å². The maximum absolute atomic E-state index is 5.96. The van der Waals surface area contributed by atoms with Gasteiger partial charge in [0.1, 0.15) is 5.01 Å². The van der Waals surface area contributed by atoms with Crippen molar-refractivity contribution in [2.45, 2.75) is 38.5 Å². The van der Waals surface area contributed by atoms with Crippen LogP contribution in [0.15, 0.2) is 11.6 Å². The van der Waals surface area contributed by atoms with Gasteiger partial charge in [0.25, 0.3) is 0 Å². The van der Waals surface area contributed by atoms with Crippen molar-refractivity contribution in [1.82, 2.24) is 9.88 Å². The SMILES string of the molecule is C[C@@H]1C[C@H]2CCN(Cc3nccs3)C[C@@H]2O1. The summed E-state index contributed by atoms with van der Waals surface area (Å²) in [5, 5.41) is 3.28. The molecule has 88 valence electrons. The van der Waals surface area contributed by atoms with E-state index < -0.39 is 0 Å². The van der Waals surface area contributed by atoms with Crippen molar-refractivity contribution < 1.29 is 4.74 Å². The number of hydrogen-bond acceptors (Lipinski definition) is 4. The predicted octanol–water partition coefficient (Wildman–Crippen LogP) is 2.14. The number of nitrogens with zero attached hydrogens (tertiary/aromatic N) is 2. The van der Waals surface area contributed by atoms with Gasteiger partial charge in [-0.15, -0.1) is 11.3 Å². The monoisotopic (exact) mass is 238 g/mol. The third-order valence-corrected chi connectivity index (χ3v) is 4.43. The molecule has 0 N–H and O–H groups in total. The Morgan fingerprint density at radius 1 is 1.62 bits per heavy atom. The first kappa shape index (κ1) is 10.7. The van der Waals surface area contributed by atoms with Crippen LogP contribution in [-0.4, -0.2) is 35.2 Å². The molecule has 2 aliphatic rings. The van der Waals surface area contributed by atoms with Crippen molar-refractivity contribution in [1.29, 1.82) is 0 Å². The molecule has 3 atom stereocenters. The highest BCUT2D eigenvalue weighted by atomic mass is 32.1. The Labute approximate surface area is 100 Å². The lowest BCUT2D eigenvalue weighted by atomic mass is 9.92. The Kier molecular flexibility index (Phi) is 2.96. The molecule has 1 aromatic heterocycles. The Hall–Kier alpha value is -0.450. The van der Waals surface area contributed by atoms with Crippen molar-refractivity contribution in [3.8, 4) is 0 Å². The van der Waals surface area contributed by atoms with E-state index in [-0.39, 0.29) is 0 Å². The second-order valence-corrected chi connectivity index (χ2v) is 5.91. The predicted molar refractivity (Wildman–Crippen MR) is 64.5 cm³/mol. The molecule has 0 saturated carbocycles. The fourth-order valence-electron chi connectivity index (χ4n) is 2.90. The van der Waals surface area contributed by atoms with E-state index in [0.29, 0.717) is 12.2 Å². The molecule has 0 bridgehead atoms. The van der Waals surface area contributed by atoms with Crippen molar-refractivity contribution in [3.63, 3.8) is 0 Å². The van der Waals surface area contributed by atoms with Crippen LogP contribution in [0, 0.1) is 5.92 Å². The summed E-state index contributed by atoms with van der Waals surface area (Å²) in [6, 6.07) is 0. The van der Waals surface area contributed by atoms with Crippen molar-refractivity contribution in [2.75, 3.05) is 13.1 Å². The largest absolute Gasteiger partial charge is 0.374 e. The van der Waals surface area contributed by atoms with Crippen molar-refractivity contribution in [2.24, 2.45) is 5.92 Å². The van der Waals surface area contributed by atoms with Crippen LogP contribution in [-0.2, 0) is 11.3 Å². The highest BCUT2D eigenvalue weighted by Crippen LogP contribution is 2.33. The van der Waals surface area contributed by atoms with Crippen molar-refractivity contribution >= 4 is 11.3 Å². The Morgan fingerprint density at radius 3 is 3.38 bits per heavy atom. The highest BCUT2D eigenvalue weighted by Gasteiger charge is 2.37. The smallest absolute Gasteiger partial charge is 0.107 e. The summed E-state index contributed by atoms with van der Waals surface area (Å²) < 4.78 is 5.96. The third-order valence-electron chi connectivity index (χ3n) is 3.66. The molecule has 2 aliphatic heterocycles. The van der Waals surface area contributed by atoms with E-state index in [0.717, 1.165) is 19.0 Å². The first-order valence-corrected chi connectivity index (χ1v) is 6.95. The van der Waals surface area contributed by atoms with E-state index in [9.17, 15) is 0 Å². The topological polar surface area (TPSA) is 25.4 Å². The second-order valence-electron chi connectivity index (χ2n) is 4.93. The molecule has 3 nitrogen and oxygen atoms in total. The van der Waals surface area contributed by atoms with E-state index in [1.807, 2.05) is 6.20 Å². The molecule has 0 aliphatic carbocycles. The molecular formula is C12H18N2OS. The minimum Gasteiger partial charge on any atom is -0.374 e. The first-order valence-electron chi connectivity index (χ1n) is 6.07. The molecule has 0 unspecified atom stereocenters. The van der Waals surface area contributed by atoms with Crippen LogP contribution >= 0.6 is 11.3 Å². The number of rotatable bonds is 2. The van der Waals surface area contributed by atoms with E-state index in [2.05, 4.69) is 22.2 Å². The average Bonchev–Trinajstić information content (AvgIpc) is 2.85. The van der Waals surface area contributed by atoms with Crippen LogP contribution in [0.25, 0.3) is 0 Å². The molecular weight excluding hydrogens is 220 g/mol. The fourth-order valence-corrected chi connectivity index (χ4v) is 3.56. The lowest BCUT2D eigenvalue weighted by molar-refractivity contribution is -0.00277. The summed E-state index contributed by atoms with van der Waals surface area (Å²) >= 11 is 1.75. The first-order chi connectivity index (χ1) is 7.81. The number of hydrogen-bond donors (Lipinski definition) is 0. The summed E-state index contributed by atoms with van der Waals surface area (Å²) in [5.41, 5.74) is 0. The molecule has 16 heavy (non-hydrogen) atoms. The Bertz CT molecular complexity index is 341. The van der Waals surface area contributed by atoms with Crippen LogP contribution in [0.2, 0.25) is 0 Å². The van der Waals surface area contributed by atoms with Gasteiger partial charge in [-0.1, -0.05) is 0 Å². The maximum Gasteiger partial charge on any atom is 0.107 e. The summed E-state index contributed by atoms with van der Waals surface area (Å²) in [6.45, 7) is 5.49. The zero-order valence-electron chi connectivity index (χ0n) is 9.63. The number of thiazole rings is 1. The molecule has 0 aromatic carbocycles. The highest BCUT2D eigenvalue weighted by molar-refractivity contribution is 7.09. The van der Waals surface area contributed by atoms with Gasteiger partial charge >= 0.3 is 0 Å². The van der Waals surface area contributed by atoms with E-state index in [1.165, 1.54) is 24.4 Å². The zero-order valence-corrected chi connectivity index (χ0v) is 10.4. The van der Waals surface area contributed by atoms with Gasteiger partial charge in [-0.2, -0.15) is 0 Å². The van der Waals surface area contributed by atoms with Crippen LogP contribution in [0.1, 0.15) is 24.8 Å². The third kappa shape index (κ3) is 2.14. The number of piperidine rings is 1. The molecule has 2 saturated heterocycles. The molecule has 3 heterocycles.